The highest BCUT2D eigenvalue weighted by Gasteiger charge is 2.26. The second-order valence-corrected chi connectivity index (χ2v) is 5.61. The van der Waals surface area contributed by atoms with E-state index in [0.29, 0.717) is 24.1 Å². The molecule has 0 atom stereocenters. The van der Waals surface area contributed by atoms with E-state index in [1.54, 1.807) is 4.90 Å². The van der Waals surface area contributed by atoms with Crippen molar-refractivity contribution in [3.63, 3.8) is 0 Å². The van der Waals surface area contributed by atoms with Gasteiger partial charge in [-0.1, -0.05) is 11.6 Å². The first kappa shape index (κ1) is 15.6. The summed E-state index contributed by atoms with van der Waals surface area (Å²) >= 11 is 5.74. The van der Waals surface area contributed by atoms with Crippen LogP contribution < -0.4 is 4.90 Å². The molecule has 3 rings (SSSR count). The van der Waals surface area contributed by atoms with E-state index in [-0.39, 0.29) is 24.6 Å². The van der Waals surface area contributed by atoms with Gasteiger partial charge in [0.25, 0.3) is 0 Å². The second kappa shape index (κ2) is 6.45. The van der Waals surface area contributed by atoms with Gasteiger partial charge in [-0.05, 0) is 18.2 Å². The van der Waals surface area contributed by atoms with Gasteiger partial charge in [-0.15, -0.1) is 0 Å². The van der Waals surface area contributed by atoms with Crippen LogP contribution in [0.5, 0.6) is 0 Å². The molecule has 1 aromatic heterocycles. The molecule has 1 fully saturated rings. The molecule has 5 nitrogen and oxygen atoms in total. The van der Waals surface area contributed by atoms with Crippen LogP contribution >= 0.6 is 11.6 Å². The Kier molecular flexibility index (Phi) is 4.38. The minimum absolute atomic E-state index is 0.0394. The summed E-state index contributed by atoms with van der Waals surface area (Å²) in [5.74, 6) is -0.831. The third-order valence-electron chi connectivity index (χ3n) is 3.58. The van der Waals surface area contributed by atoms with Gasteiger partial charge in [-0.25, -0.2) is 18.7 Å². The molecule has 0 bridgehead atoms. The van der Waals surface area contributed by atoms with Crippen molar-refractivity contribution in [3.8, 4) is 0 Å². The number of carbonyl (C=O) groups is 1. The number of carbonyl (C=O) groups excluding carboxylic acids is 1. The fraction of sp³-hybridized carbons (Fsp3) is 0.267. The summed E-state index contributed by atoms with van der Waals surface area (Å²) < 4.78 is 26.9. The zero-order valence-electron chi connectivity index (χ0n) is 12.0. The maximum atomic E-state index is 13.7. The Hall–Kier alpha value is -2.28. The third kappa shape index (κ3) is 3.56. The van der Waals surface area contributed by atoms with Crippen LogP contribution in [0.3, 0.4) is 0 Å². The maximum Gasteiger partial charge on any atom is 0.242 e. The van der Waals surface area contributed by atoms with Gasteiger partial charge in [0.15, 0.2) is 0 Å². The number of aromatic nitrogens is 2. The van der Waals surface area contributed by atoms with E-state index in [1.807, 2.05) is 0 Å². The van der Waals surface area contributed by atoms with Crippen LogP contribution in [-0.2, 0) is 11.3 Å². The topological polar surface area (TPSA) is 49.3 Å². The quantitative estimate of drug-likeness (QED) is 0.861. The van der Waals surface area contributed by atoms with E-state index in [1.165, 1.54) is 17.3 Å². The number of anilines is 1. The van der Waals surface area contributed by atoms with E-state index in [9.17, 15) is 13.6 Å². The number of hydrogen-bond donors (Lipinski definition) is 0. The molecule has 0 radical (unpaired) electrons. The van der Waals surface area contributed by atoms with Gasteiger partial charge in [-0.2, -0.15) is 0 Å². The first-order valence-corrected chi connectivity index (χ1v) is 7.35. The highest BCUT2D eigenvalue weighted by atomic mass is 35.5. The average molecular weight is 339 g/mol. The molecule has 0 saturated carbocycles. The number of benzene rings is 1. The number of piperazine rings is 1. The fourth-order valence-electron chi connectivity index (χ4n) is 2.39. The van der Waals surface area contributed by atoms with Crippen LogP contribution in [0.4, 0.5) is 14.7 Å². The molecule has 2 aromatic rings. The van der Waals surface area contributed by atoms with Crippen molar-refractivity contribution >= 4 is 23.5 Å². The summed E-state index contributed by atoms with van der Waals surface area (Å²) in [5.41, 5.74) is 0.162. The van der Waals surface area contributed by atoms with Crippen LogP contribution in [-0.4, -0.2) is 40.4 Å². The summed E-state index contributed by atoms with van der Waals surface area (Å²) in [7, 11) is 0. The number of amides is 1. The zero-order valence-corrected chi connectivity index (χ0v) is 12.8. The first-order valence-electron chi connectivity index (χ1n) is 6.97. The third-order valence-corrected chi connectivity index (χ3v) is 3.77. The monoisotopic (exact) mass is 338 g/mol. The Morgan fingerprint density at radius 3 is 2.61 bits per heavy atom. The molecule has 1 aromatic carbocycles. The normalized spacial score (nSPS) is 15.2. The van der Waals surface area contributed by atoms with Crippen molar-refractivity contribution in [3.05, 3.63) is 52.8 Å². The zero-order chi connectivity index (χ0) is 16.4. The molecule has 1 amide bonds. The van der Waals surface area contributed by atoms with Gasteiger partial charge in [0.2, 0.25) is 11.9 Å². The standard InChI is InChI=1S/C15H13ClF2N4O/c16-11-6-19-15(20-7-11)22-4-3-21(14(23)9-22)8-10-5-12(17)1-2-13(10)18/h1-2,5-7H,3-4,8-9H2. The molecule has 0 unspecified atom stereocenters. The smallest absolute Gasteiger partial charge is 0.242 e. The van der Waals surface area contributed by atoms with Crippen LogP contribution in [0.25, 0.3) is 0 Å². The van der Waals surface area contributed by atoms with Crippen molar-refractivity contribution in [1.82, 2.24) is 14.9 Å². The molecule has 0 aliphatic carbocycles. The minimum Gasteiger partial charge on any atom is -0.335 e. The lowest BCUT2D eigenvalue weighted by Gasteiger charge is -2.34. The summed E-state index contributed by atoms with van der Waals surface area (Å²) in [5, 5.41) is 0.417. The molecule has 23 heavy (non-hydrogen) atoms. The predicted octanol–water partition coefficient (Wildman–Crippen LogP) is 2.26. The molecule has 1 saturated heterocycles. The summed E-state index contributed by atoms with van der Waals surface area (Å²) in [6, 6.07) is 3.22. The van der Waals surface area contributed by atoms with Crippen molar-refractivity contribution in [1.29, 1.82) is 0 Å². The predicted molar refractivity (Wildman–Crippen MR) is 81.0 cm³/mol. The Balaban J connectivity index is 1.68. The molecule has 120 valence electrons. The van der Waals surface area contributed by atoms with Gasteiger partial charge in [0, 0.05) is 25.2 Å². The molecule has 2 heterocycles. The number of rotatable bonds is 3. The van der Waals surface area contributed by atoms with Gasteiger partial charge in [-0.3, -0.25) is 4.79 Å². The molecular formula is C15H13ClF2N4O. The molecular weight excluding hydrogens is 326 g/mol. The van der Waals surface area contributed by atoms with E-state index in [2.05, 4.69) is 9.97 Å². The van der Waals surface area contributed by atoms with Crippen LogP contribution in [0.2, 0.25) is 5.02 Å². The van der Waals surface area contributed by atoms with Gasteiger partial charge in [0.05, 0.1) is 17.4 Å². The summed E-state index contributed by atoms with van der Waals surface area (Å²) in [6.45, 7) is 1.00. The van der Waals surface area contributed by atoms with Gasteiger partial charge in [0.1, 0.15) is 18.2 Å². The first-order chi connectivity index (χ1) is 11.0. The highest BCUT2D eigenvalue weighted by molar-refractivity contribution is 6.30. The minimum atomic E-state index is -0.526. The number of halogens is 3. The summed E-state index contributed by atoms with van der Waals surface area (Å²) in [6.07, 6.45) is 2.92. The lowest BCUT2D eigenvalue weighted by atomic mass is 10.1. The Bertz CT molecular complexity index is 726. The van der Waals surface area contributed by atoms with Crippen molar-refractivity contribution in [2.75, 3.05) is 24.5 Å². The highest BCUT2D eigenvalue weighted by Crippen LogP contribution is 2.17. The van der Waals surface area contributed by atoms with E-state index >= 15 is 0 Å². The number of hydrogen-bond acceptors (Lipinski definition) is 4. The number of nitrogens with zero attached hydrogens (tertiary/aromatic N) is 4. The van der Waals surface area contributed by atoms with Crippen molar-refractivity contribution in [2.24, 2.45) is 0 Å². The van der Waals surface area contributed by atoms with Gasteiger partial charge < -0.3 is 9.80 Å². The molecule has 1 aliphatic heterocycles. The average Bonchev–Trinajstić information content (AvgIpc) is 2.53. The van der Waals surface area contributed by atoms with Crippen LogP contribution in [0.1, 0.15) is 5.56 Å². The largest absolute Gasteiger partial charge is 0.335 e. The Morgan fingerprint density at radius 2 is 1.91 bits per heavy atom. The van der Waals surface area contributed by atoms with E-state index < -0.39 is 11.6 Å². The van der Waals surface area contributed by atoms with Crippen molar-refractivity contribution < 1.29 is 13.6 Å². The van der Waals surface area contributed by atoms with Gasteiger partial charge >= 0.3 is 0 Å². The molecule has 8 heteroatoms. The Labute approximate surface area is 136 Å². The lowest BCUT2D eigenvalue weighted by Crippen LogP contribution is -2.50. The molecule has 1 aliphatic rings. The van der Waals surface area contributed by atoms with Crippen molar-refractivity contribution in [2.45, 2.75) is 6.54 Å². The molecule has 0 N–H and O–H groups in total. The van der Waals surface area contributed by atoms with E-state index in [0.717, 1.165) is 18.2 Å². The molecule has 0 spiro atoms. The second-order valence-electron chi connectivity index (χ2n) is 5.17. The fourth-order valence-corrected chi connectivity index (χ4v) is 2.48. The van der Waals surface area contributed by atoms with Crippen LogP contribution in [0.15, 0.2) is 30.6 Å². The van der Waals surface area contributed by atoms with E-state index in [4.69, 9.17) is 11.6 Å². The SMILES string of the molecule is O=C1CN(c2ncc(Cl)cn2)CCN1Cc1cc(F)ccc1F. The maximum absolute atomic E-state index is 13.7. The Morgan fingerprint density at radius 1 is 1.17 bits per heavy atom. The lowest BCUT2D eigenvalue weighted by molar-refractivity contribution is -0.131. The summed E-state index contributed by atoms with van der Waals surface area (Å²) in [4.78, 5) is 23.6. The van der Waals surface area contributed by atoms with Crippen LogP contribution in [0, 0.1) is 11.6 Å².